The zero-order valence-electron chi connectivity index (χ0n) is 16.0. The van der Waals surface area contributed by atoms with Crippen molar-refractivity contribution >= 4 is 34.7 Å². The summed E-state index contributed by atoms with van der Waals surface area (Å²) >= 11 is 6.04. The van der Waals surface area contributed by atoms with Crippen LogP contribution in [0.15, 0.2) is 48.2 Å². The van der Waals surface area contributed by atoms with Gasteiger partial charge in [-0.1, -0.05) is 55.3 Å². The first-order valence-electron chi connectivity index (χ1n) is 8.98. The van der Waals surface area contributed by atoms with Crippen molar-refractivity contribution in [1.82, 2.24) is 4.90 Å². The van der Waals surface area contributed by atoms with E-state index in [2.05, 4.69) is 5.32 Å². The van der Waals surface area contributed by atoms with Crippen LogP contribution in [0.5, 0.6) is 0 Å². The first kappa shape index (κ1) is 19.2. The molecule has 4 nitrogen and oxygen atoms in total. The highest BCUT2D eigenvalue weighted by Gasteiger charge is 2.39. The number of benzene rings is 2. The summed E-state index contributed by atoms with van der Waals surface area (Å²) in [5.74, 6) is -0.362. The molecule has 0 aliphatic carbocycles. The predicted molar refractivity (Wildman–Crippen MR) is 109 cm³/mol. The molecule has 3 rings (SSSR count). The first-order chi connectivity index (χ1) is 12.8. The molecule has 0 spiro atoms. The van der Waals surface area contributed by atoms with E-state index in [1.807, 2.05) is 64.1 Å². The number of hydrogen-bond donors (Lipinski definition) is 1. The van der Waals surface area contributed by atoms with Crippen LogP contribution >= 0.6 is 11.6 Å². The van der Waals surface area contributed by atoms with Crippen LogP contribution in [0.25, 0.3) is 5.57 Å². The quantitative estimate of drug-likeness (QED) is 0.755. The number of rotatable bonds is 5. The largest absolute Gasteiger partial charge is 0.350 e. The molecule has 2 aromatic rings. The van der Waals surface area contributed by atoms with Crippen molar-refractivity contribution in [2.45, 2.75) is 27.7 Å². The highest BCUT2D eigenvalue weighted by atomic mass is 35.5. The van der Waals surface area contributed by atoms with E-state index < -0.39 is 0 Å². The smallest absolute Gasteiger partial charge is 0.278 e. The van der Waals surface area contributed by atoms with E-state index in [1.165, 1.54) is 4.90 Å². The molecule has 1 heterocycles. The third-order valence-corrected chi connectivity index (χ3v) is 4.74. The Morgan fingerprint density at radius 2 is 1.67 bits per heavy atom. The van der Waals surface area contributed by atoms with E-state index in [9.17, 15) is 9.59 Å². The standard InChI is InChI=1S/C22H23ClN2O2/c1-13(2)12-25-21(26)19(16-7-5-14(3)6-8-16)20(22(25)27)24-18-10-9-17(23)11-15(18)4/h5-11,13,24H,12H2,1-4H3. The minimum atomic E-state index is -0.293. The molecule has 0 bridgehead atoms. The molecular formula is C22H23ClN2O2. The average Bonchev–Trinajstić information content (AvgIpc) is 2.82. The van der Waals surface area contributed by atoms with Gasteiger partial charge in [0.05, 0.1) is 5.57 Å². The minimum absolute atomic E-state index is 0.189. The second-order valence-electron chi connectivity index (χ2n) is 7.32. The van der Waals surface area contributed by atoms with Crippen LogP contribution < -0.4 is 5.32 Å². The molecule has 140 valence electrons. The zero-order valence-corrected chi connectivity index (χ0v) is 16.7. The van der Waals surface area contributed by atoms with Crippen LogP contribution in [0.1, 0.15) is 30.5 Å². The van der Waals surface area contributed by atoms with E-state index in [1.54, 1.807) is 6.07 Å². The second-order valence-corrected chi connectivity index (χ2v) is 7.75. The zero-order chi connectivity index (χ0) is 19.7. The molecule has 0 saturated carbocycles. The molecule has 1 aliphatic heterocycles. The monoisotopic (exact) mass is 382 g/mol. The fourth-order valence-corrected chi connectivity index (χ4v) is 3.34. The summed E-state index contributed by atoms with van der Waals surface area (Å²) < 4.78 is 0. The number of imide groups is 1. The Kier molecular flexibility index (Phi) is 5.38. The van der Waals surface area contributed by atoms with Gasteiger partial charge in [-0.2, -0.15) is 0 Å². The predicted octanol–water partition coefficient (Wildman–Crippen LogP) is 4.80. The lowest BCUT2D eigenvalue weighted by Gasteiger charge is -2.17. The number of nitrogens with one attached hydrogen (secondary N) is 1. The van der Waals surface area contributed by atoms with Crippen LogP contribution in [0.2, 0.25) is 5.02 Å². The lowest BCUT2D eigenvalue weighted by Crippen LogP contribution is -2.35. The van der Waals surface area contributed by atoms with Gasteiger partial charge < -0.3 is 5.32 Å². The summed E-state index contributed by atoms with van der Waals surface area (Å²) in [5.41, 5.74) is 4.22. The summed E-state index contributed by atoms with van der Waals surface area (Å²) in [6.45, 7) is 8.26. The lowest BCUT2D eigenvalue weighted by molar-refractivity contribution is -0.137. The first-order valence-corrected chi connectivity index (χ1v) is 9.36. The van der Waals surface area contributed by atoms with Crippen molar-refractivity contribution in [2.75, 3.05) is 11.9 Å². The summed E-state index contributed by atoms with van der Waals surface area (Å²) in [6.07, 6.45) is 0. The van der Waals surface area contributed by atoms with E-state index in [4.69, 9.17) is 11.6 Å². The molecule has 0 atom stereocenters. The Balaban J connectivity index is 2.08. The average molecular weight is 383 g/mol. The Morgan fingerprint density at radius 3 is 2.26 bits per heavy atom. The van der Waals surface area contributed by atoms with Gasteiger partial charge >= 0.3 is 0 Å². The van der Waals surface area contributed by atoms with Gasteiger partial charge in [0.1, 0.15) is 5.70 Å². The molecule has 27 heavy (non-hydrogen) atoms. The Bertz CT molecular complexity index is 930. The van der Waals surface area contributed by atoms with Gasteiger partial charge in [0.25, 0.3) is 11.8 Å². The molecule has 1 aliphatic rings. The molecule has 2 amide bonds. The number of nitrogens with zero attached hydrogens (tertiary/aromatic N) is 1. The van der Waals surface area contributed by atoms with Gasteiger partial charge in [0.2, 0.25) is 0 Å². The van der Waals surface area contributed by atoms with Crippen molar-refractivity contribution in [3.63, 3.8) is 0 Å². The number of aryl methyl sites for hydroxylation is 2. The Hall–Kier alpha value is -2.59. The maximum atomic E-state index is 13.1. The fraction of sp³-hybridized carbons (Fsp3) is 0.273. The highest BCUT2D eigenvalue weighted by molar-refractivity contribution is 6.36. The summed E-state index contributed by atoms with van der Waals surface area (Å²) in [6, 6.07) is 13.0. The van der Waals surface area contributed by atoms with Gasteiger partial charge in [-0.05, 0) is 49.1 Å². The fourth-order valence-electron chi connectivity index (χ4n) is 3.11. The maximum absolute atomic E-state index is 13.1. The maximum Gasteiger partial charge on any atom is 0.278 e. The Morgan fingerprint density at radius 1 is 1.00 bits per heavy atom. The number of hydrogen-bond acceptors (Lipinski definition) is 3. The molecule has 0 unspecified atom stereocenters. The van der Waals surface area contributed by atoms with Gasteiger partial charge in [0, 0.05) is 17.3 Å². The van der Waals surface area contributed by atoms with Crippen molar-refractivity contribution < 1.29 is 9.59 Å². The molecular weight excluding hydrogens is 360 g/mol. The van der Waals surface area contributed by atoms with Crippen molar-refractivity contribution in [3.8, 4) is 0 Å². The number of carbonyl (C=O) groups is 2. The third-order valence-electron chi connectivity index (χ3n) is 4.50. The van der Waals surface area contributed by atoms with Gasteiger partial charge in [0.15, 0.2) is 0 Å². The molecule has 0 fully saturated rings. The van der Waals surface area contributed by atoms with E-state index in [-0.39, 0.29) is 17.7 Å². The summed E-state index contributed by atoms with van der Waals surface area (Å²) in [5, 5.41) is 3.82. The van der Waals surface area contributed by atoms with Crippen LogP contribution in [-0.4, -0.2) is 23.3 Å². The lowest BCUT2D eigenvalue weighted by atomic mass is 10.0. The van der Waals surface area contributed by atoms with E-state index >= 15 is 0 Å². The van der Waals surface area contributed by atoms with Crippen molar-refractivity contribution in [3.05, 3.63) is 69.9 Å². The van der Waals surface area contributed by atoms with Crippen molar-refractivity contribution in [2.24, 2.45) is 5.92 Å². The topological polar surface area (TPSA) is 49.4 Å². The number of halogens is 1. The number of carbonyl (C=O) groups excluding carboxylic acids is 2. The molecule has 0 radical (unpaired) electrons. The normalized spacial score (nSPS) is 14.5. The number of amides is 2. The van der Waals surface area contributed by atoms with Gasteiger partial charge in [-0.3, -0.25) is 14.5 Å². The molecule has 0 saturated heterocycles. The van der Waals surface area contributed by atoms with Gasteiger partial charge in [-0.15, -0.1) is 0 Å². The second kappa shape index (κ2) is 7.57. The number of anilines is 1. The summed E-state index contributed by atoms with van der Waals surface area (Å²) in [4.78, 5) is 27.4. The molecule has 5 heteroatoms. The molecule has 2 aromatic carbocycles. The molecule has 0 aromatic heterocycles. The van der Waals surface area contributed by atoms with Crippen LogP contribution in [-0.2, 0) is 9.59 Å². The van der Waals surface area contributed by atoms with Crippen LogP contribution in [0.3, 0.4) is 0 Å². The van der Waals surface area contributed by atoms with Crippen LogP contribution in [0, 0.1) is 19.8 Å². The van der Waals surface area contributed by atoms with E-state index in [0.29, 0.717) is 22.8 Å². The van der Waals surface area contributed by atoms with Gasteiger partial charge in [-0.25, -0.2) is 0 Å². The summed E-state index contributed by atoms with van der Waals surface area (Å²) in [7, 11) is 0. The SMILES string of the molecule is Cc1ccc(C2=C(Nc3ccc(Cl)cc3C)C(=O)N(CC(C)C)C2=O)cc1. The highest BCUT2D eigenvalue weighted by Crippen LogP contribution is 2.32. The van der Waals surface area contributed by atoms with Crippen molar-refractivity contribution in [1.29, 1.82) is 0 Å². The molecule has 1 N–H and O–H groups in total. The van der Waals surface area contributed by atoms with E-state index in [0.717, 1.165) is 22.4 Å². The Labute approximate surface area is 164 Å². The third kappa shape index (κ3) is 3.91. The van der Waals surface area contributed by atoms with Crippen LogP contribution in [0.4, 0.5) is 5.69 Å². The minimum Gasteiger partial charge on any atom is -0.350 e.